The first-order chi connectivity index (χ1) is 9.20. The predicted octanol–water partition coefficient (Wildman–Crippen LogP) is 5.24. The van der Waals surface area contributed by atoms with Crippen molar-refractivity contribution in [3.05, 3.63) is 28.2 Å². The molecule has 0 saturated carbocycles. The Morgan fingerprint density at radius 1 is 1.42 bits per heavy atom. The van der Waals surface area contributed by atoms with Crippen molar-refractivity contribution in [2.75, 3.05) is 13.7 Å². The standard InChI is InChI=1S/C15H20Br2O2/c1-18-15-8-5-11(16)10-13(15)14(17)7-6-12-4-2-3-9-19-12/h5,8,10,12,14H,2-4,6-7,9H2,1H3. The van der Waals surface area contributed by atoms with Crippen LogP contribution in [0, 0.1) is 0 Å². The Morgan fingerprint density at radius 3 is 2.95 bits per heavy atom. The molecule has 1 heterocycles. The molecule has 4 heteroatoms. The van der Waals surface area contributed by atoms with Gasteiger partial charge in [-0.25, -0.2) is 0 Å². The number of hydrogen-bond donors (Lipinski definition) is 0. The molecule has 0 N–H and O–H groups in total. The van der Waals surface area contributed by atoms with Crippen LogP contribution in [0.3, 0.4) is 0 Å². The maximum atomic E-state index is 5.78. The fraction of sp³-hybridized carbons (Fsp3) is 0.600. The number of halogens is 2. The molecule has 106 valence electrons. The molecule has 0 radical (unpaired) electrons. The van der Waals surface area contributed by atoms with Gasteiger partial charge in [-0.15, -0.1) is 0 Å². The van der Waals surface area contributed by atoms with E-state index >= 15 is 0 Å². The minimum absolute atomic E-state index is 0.311. The Balaban J connectivity index is 1.94. The predicted molar refractivity (Wildman–Crippen MR) is 85.2 cm³/mol. The Bertz CT molecular complexity index is 403. The maximum Gasteiger partial charge on any atom is 0.123 e. The highest BCUT2D eigenvalue weighted by atomic mass is 79.9. The smallest absolute Gasteiger partial charge is 0.123 e. The molecule has 1 aromatic carbocycles. The van der Waals surface area contributed by atoms with Crippen molar-refractivity contribution in [1.29, 1.82) is 0 Å². The zero-order valence-electron chi connectivity index (χ0n) is 11.2. The Labute approximate surface area is 132 Å². The van der Waals surface area contributed by atoms with Crippen molar-refractivity contribution in [3.8, 4) is 5.75 Å². The Hall–Kier alpha value is -0.0600. The molecule has 19 heavy (non-hydrogen) atoms. The topological polar surface area (TPSA) is 18.5 Å². The summed E-state index contributed by atoms with van der Waals surface area (Å²) in [5.74, 6) is 0.939. The lowest BCUT2D eigenvalue weighted by molar-refractivity contribution is 0.0101. The van der Waals surface area contributed by atoms with E-state index < -0.39 is 0 Å². The molecule has 0 aromatic heterocycles. The first kappa shape index (κ1) is 15.3. The minimum Gasteiger partial charge on any atom is -0.496 e. The van der Waals surface area contributed by atoms with Gasteiger partial charge >= 0.3 is 0 Å². The van der Waals surface area contributed by atoms with Crippen molar-refractivity contribution in [3.63, 3.8) is 0 Å². The van der Waals surface area contributed by atoms with Crippen LogP contribution < -0.4 is 4.74 Å². The van der Waals surface area contributed by atoms with Crippen LogP contribution in [0.1, 0.15) is 42.5 Å². The zero-order valence-corrected chi connectivity index (χ0v) is 14.4. The van der Waals surface area contributed by atoms with Gasteiger partial charge in [0.25, 0.3) is 0 Å². The van der Waals surface area contributed by atoms with Gasteiger partial charge in [0.2, 0.25) is 0 Å². The van der Waals surface area contributed by atoms with E-state index in [2.05, 4.69) is 37.9 Å². The highest BCUT2D eigenvalue weighted by Crippen LogP contribution is 2.37. The Kier molecular flexibility index (Phi) is 6.17. The molecule has 0 aliphatic carbocycles. The van der Waals surface area contributed by atoms with Crippen LogP contribution in [0.4, 0.5) is 0 Å². The number of benzene rings is 1. The Morgan fingerprint density at radius 2 is 2.26 bits per heavy atom. The average Bonchev–Trinajstić information content (AvgIpc) is 2.46. The summed E-state index contributed by atoms with van der Waals surface area (Å²) in [6.45, 7) is 0.928. The third-order valence-corrected chi connectivity index (χ3v) is 4.99. The molecule has 1 saturated heterocycles. The summed E-state index contributed by atoms with van der Waals surface area (Å²) in [5, 5.41) is 0. The first-order valence-electron chi connectivity index (χ1n) is 6.80. The quantitative estimate of drug-likeness (QED) is 0.638. The molecular formula is C15H20Br2O2. The van der Waals surface area contributed by atoms with E-state index in [4.69, 9.17) is 9.47 Å². The number of rotatable bonds is 5. The van der Waals surface area contributed by atoms with Crippen LogP contribution in [-0.2, 0) is 4.74 Å². The van der Waals surface area contributed by atoms with Gasteiger partial charge in [0.05, 0.1) is 13.2 Å². The number of alkyl halides is 1. The average molecular weight is 392 g/mol. The molecule has 2 nitrogen and oxygen atoms in total. The largest absolute Gasteiger partial charge is 0.496 e. The van der Waals surface area contributed by atoms with Crippen LogP contribution >= 0.6 is 31.9 Å². The van der Waals surface area contributed by atoms with Crippen molar-refractivity contribution < 1.29 is 9.47 Å². The molecule has 2 unspecified atom stereocenters. The molecule has 2 atom stereocenters. The highest BCUT2D eigenvalue weighted by molar-refractivity contribution is 9.10. The third-order valence-electron chi connectivity index (χ3n) is 3.55. The molecule has 0 amide bonds. The summed E-state index contributed by atoms with van der Waals surface area (Å²) in [5.41, 5.74) is 1.20. The lowest BCUT2D eigenvalue weighted by atomic mass is 10.0. The summed E-state index contributed by atoms with van der Waals surface area (Å²) in [4.78, 5) is 0.311. The van der Waals surface area contributed by atoms with Gasteiger partial charge in [-0.2, -0.15) is 0 Å². The molecule has 0 spiro atoms. The summed E-state index contributed by atoms with van der Waals surface area (Å²) in [7, 11) is 1.72. The van der Waals surface area contributed by atoms with Crippen LogP contribution in [0.5, 0.6) is 5.75 Å². The summed E-state index contributed by atoms with van der Waals surface area (Å²) in [6.07, 6.45) is 6.33. The van der Waals surface area contributed by atoms with Gasteiger partial charge in [0.15, 0.2) is 0 Å². The highest BCUT2D eigenvalue weighted by Gasteiger charge is 2.18. The van der Waals surface area contributed by atoms with E-state index in [1.54, 1.807) is 7.11 Å². The number of hydrogen-bond acceptors (Lipinski definition) is 2. The van der Waals surface area contributed by atoms with Gasteiger partial charge in [-0.1, -0.05) is 31.9 Å². The monoisotopic (exact) mass is 390 g/mol. The number of ether oxygens (including phenoxy) is 2. The van der Waals surface area contributed by atoms with Crippen LogP contribution in [0.25, 0.3) is 0 Å². The lowest BCUT2D eigenvalue weighted by Gasteiger charge is -2.24. The van der Waals surface area contributed by atoms with E-state index in [0.717, 1.165) is 29.7 Å². The van der Waals surface area contributed by atoms with Crippen molar-refractivity contribution >= 4 is 31.9 Å². The van der Waals surface area contributed by atoms with Gasteiger partial charge < -0.3 is 9.47 Å². The summed E-state index contributed by atoms with van der Waals surface area (Å²) >= 11 is 7.30. The van der Waals surface area contributed by atoms with Gasteiger partial charge in [-0.05, 0) is 50.3 Å². The molecule has 1 aliphatic rings. The lowest BCUT2D eigenvalue weighted by Crippen LogP contribution is -2.19. The van der Waals surface area contributed by atoms with Crippen LogP contribution in [0.2, 0.25) is 0 Å². The molecule has 0 bridgehead atoms. The second-order valence-corrected chi connectivity index (χ2v) is 6.94. The second-order valence-electron chi connectivity index (χ2n) is 4.92. The molecule has 2 rings (SSSR count). The SMILES string of the molecule is COc1ccc(Br)cc1C(Br)CCC1CCCCO1. The van der Waals surface area contributed by atoms with E-state index in [1.807, 2.05) is 12.1 Å². The van der Waals surface area contributed by atoms with Crippen molar-refractivity contribution in [2.45, 2.75) is 43.0 Å². The number of methoxy groups -OCH3 is 1. The third kappa shape index (κ3) is 4.47. The molecular weight excluding hydrogens is 372 g/mol. The molecule has 1 aromatic rings. The summed E-state index contributed by atoms with van der Waals surface area (Å²) in [6, 6.07) is 6.14. The first-order valence-corrected chi connectivity index (χ1v) is 8.50. The summed E-state index contributed by atoms with van der Waals surface area (Å²) < 4.78 is 12.3. The van der Waals surface area contributed by atoms with E-state index in [1.165, 1.54) is 24.8 Å². The zero-order chi connectivity index (χ0) is 13.7. The van der Waals surface area contributed by atoms with Crippen LogP contribution in [-0.4, -0.2) is 19.8 Å². The second kappa shape index (κ2) is 7.65. The fourth-order valence-electron chi connectivity index (χ4n) is 2.47. The fourth-order valence-corrected chi connectivity index (χ4v) is 3.47. The van der Waals surface area contributed by atoms with Crippen molar-refractivity contribution in [1.82, 2.24) is 0 Å². The van der Waals surface area contributed by atoms with Gasteiger partial charge in [0, 0.05) is 21.5 Å². The van der Waals surface area contributed by atoms with E-state index in [-0.39, 0.29) is 0 Å². The minimum atomic E-state index is 0.311. The van der Waals surface area contributed by atoms with E-state index in [9.17, 15) is 0 Å². The van der Waals surface area contributed by atoms with Crippen LogP contribution in [0.15, 0.2) is 22.7 Å². The normalized spacial score (nSPS) is 21.1. The van der Waals surface area contributed by atoms with Crippen molar-refractivity contribution in [2.24, 2.45) is 0 Å². The molecule has 1 aliphatic heterocycles. The maximum absolute atomic E-state index is 5.78. The van der Waals surface area contributed by atoms with E-state index in [0.29, 0.717) is 10.9 Å². The van der Waals surface area contributed by atoms with Gasteiger partial charge in [0.1, 0.15) is 5.75 Å². The van der Waals surface area contributed by atoms with Gasteiger partial charge in [-0.3, -0.25) is 0 Å². The molecule has 1 fully saturated rings.